The Morgan fingerprint density at radius 1 is 1.56 bits per heavy atom. The predicted molar refractivity (Wildman–Crippen MR) is 79.1 cm³/mol. The van der Waals surface area contributed by atoms with Crippen molar-refractivity contribution in [2.75, 3.05) is 7.05 Å². The van der Waals surface area contributed by atoms with E-state index in [-0.39, 0.29) is 0 Å². The van der Waals surface area contributed by atoms with Crippen LogP contribution in [0.4, 0.5) is 0 Å². The SMILES string of the molecule is CC/C=C(O)/C(=C\C1=C[C@H](C)CC=C1C)/C=N/C. The van der Waals surface area contributed by atoms with E-state index < -0.39 is 0 Å². The Morgan fingerprint density at radius 2 is 2.28 bits per heavy atom. The maximum Gasteiger partial charge on any atom is 0.120 e. The molecule has 0 amide bonds. The fraction of sp³-hybridized carbons (Fsp3) is 0.438. The molecule has 0 saturated carbocycles. The second-order valence-electron chi connectivity index (χ2n) is 4.71. The largest absolute Gasteiger partial charge is 0.508 e. The molecule has 1 rings (SSSR count). The van der Waals surface area contributed by atoms with Gasteiger partial charge in [0.2, 0.25) is 0 Å². The lowest BCUT2D eigenvalue weighted by atomic mass is 9.91. The van der Waals surface area contributed by atoms with Crippen LogP contribution in [-0.2, 0) is 0 Å². The number of hydrogen-bond acceptors (Lipinski definition) is 2. The van der Waals surface area contributed by atoms with Gasteiger partial charge in [-0.25, -0.2) is 0 Å². The van der Waals surface area contributed by atoms with Crippen LogP contribution >= 0.6 is 0 Å². The van der Waals surface area contributed by atoms with Gasteiger partial charge in [-0.1, -0.05) is 26.0 Å². The number of aliphatic hydroxyl groups is 1. The summed E-state index contributed by atoms with van der Waals surface area (Å²) in [6.45, 7) is 6.31. The molecule has 1 aliphatic rings. The quantitative estimate of drug-likeness (QED) is 0.445. The zero-order valence-corrected chi connectivity index (χ0v) is 11.8. The molecule has 0 spiro atoms. The normalized spacial score (nSPS) is 22.1. The highest BCUT2D eigenvalue weighted by atomic mass is 16.3. The van der Waals surface area contributed by atoms with Crippen LogP contribution in [0.15, 0.2) is 51.8 Å². The lowest BCUT2D eigenvalue weighted by Gasteiger charge is -2.15. The summed E-state index contributed by atoms with van der Waals surface area (Å²) in [5.41, 5.74) is 3.21. The van der Waals surface area contributed by atoms with Crippen molar-refractivity contribution in [3.05, 3.63) is 46.8 Å². The summed E-state index contributed by atoms with van der Waals surface area (Å²) in [7, 11) is 1.72. The van der Waals surface area contributed by atoms with Gasteiger partial charge in [-0.15, -0.1) is 0 Å². The van der Waals surface area contributed by atoms with Gasteiger partial charge in [0.15, 0.2) is 0 Å². The molecule has 0 radical (unpaired) electrons. The van der Waals surface area contributed by atoms with Gasteiger partial charge in [-0.05, 0) is 49.0 Å². The van der Waals surface area contributed by atoms with Gasteiger partial charge < -0.3 is 5.11 Å². The van der Waals surface area contributed by atoms with Gasteiger partial charge >= 0.3 is 0 Å². The van der Waals surface area contributed by atoms with Crippen LogP contribution in [0, 0.1) is 5.92 Å². The summed E-state index contributed by atoms with van der Waals surface area (Å²) in [5.74, 6) is 0.854. The number of hydrogen-bond donors (Lipinski definition) is 1. The lowest BCUT2D eigenvalue weighted by molar-refractivity contribution is 0.426. The van der Waals surface area contributed by atoms with E-state index in [4.69, 9.17) is 0 Å². The maximum absolute atomic E-state index is 9.98. The predicted octanol–water partition coefficient (Wildman–Crippen LogP) is 4.38. The first-order valence-electron chi connectivity index (χ1n) is 6.50. The van der Waals surface area contributed by atoms with Gasteiger partial charge in [-0.3, -0.25) is 4.99 Å². The van der Waals surface area contributed by atoms with Crippen molar-refractivity contribution in [2.45, 2.75) is 33.6 Å². The Morgan fingerprint density at radius 3 is 2.89 bits per heavy atom. The van der Waals surface area contributed by atoms with Crippen LogP contribution in [0.2, 0.25) is 0 Å². The molecule has 0 fully saturated rings. The van der Waals surface area contributed by atoms with Crippen LogP contribution < -0.4 is 0 Å². The average Bonchev–Trinajstić information content (AvgIpc) is 2.33. The highest BCUT2D eigenvalue weighted by molar-refractivity contribution is 5.84. The number of aliphatic hydroxyl groups excluding tert-OH is 1. The van der Waals surface area contributed by atoms with Gasteiger partial charge in [-0.2, -0.15) is 0 Å². The molecule has 0 aromatic rings. The van der Waals surface area contributed by atoms with E-state index in [0.29, 0.717) is 11.7 Å². The molecule has 0 aliphatic heterocycles. The van der Waals surface area contributed by atoms with Crippen LogP contribution in [-0.4, -0.2) is 18.4 Å². The van der Waals surface area contributed by atoms with Crippen molar-refractivity contribution in [3.63, 3.8) is 0 Å². The number of rotatable bonds is 4. The standard InChI is InChI=1S/C16H23NO/c1-5-6-16(18)15(11-17-4)10-14-9-12(2)7-8-13(14)3/h6,8-12,18H,5,7H2,1-4H3/b15-10-,16-6-,17-11+/t12-/m1/s1. The molecule has 1 aliphatic carbocycles. The summed E-state index contributed by atoms with van der Waals surface area (Å²) in [4.78, 5) is 4.01. The minimum atomic E-state index is 0.301. The van der Waals surface area contributed by atoms with Gasteiger partial charge in [0.1, 0.15) is 5.76 Å². The molecule has 0 unspecified atom stereocenters. The van der Waals surface area contributed by atoms with Gasteiger partial charge in [0.05, 0.1) is 0 Å². The van der Waals surface area contributed by atoms with Crippen molar-refractivity contribution in [2.24, 2.45) is 10.9 Å². The van der Waals surface area contributed by atoms with E-state index in [2.05, 4.69) is 31.0 Å². The average molecular weight is 245 g/mol. The summed E-state index contributed by atoms with van der Waals surface area (Å²) < 4.78 is 0. The molecule has 98 valence electrons. The Kier molecular flexibility index (Phi) is 5.63. The molecule has 0 saturated heterocycles. The van der Waals surface area contributed by atoms with Crippen molar-refractivity contribution < 1.29 is 5.11 Å². The molecular formula is C16H23NO. The number of nitrogens with zero attached hydrogens (tertiary/aromatic N) is 1. The molecule has 0 bridgehead atoms. The zero-order valence-electron chi connectivity index (χ0n) is 11.8. The Bertz CT molecular complexity index is 436. The monoisotopic (exact) mass is 245 g/mol. The van der Waals surface area contributed by atoms with Gasteiger partial charge in [0.25, 0.3) is 0 Å². The molecule has 0 aromatic carbocycles. The molecule has 1 atom stereocenters. The van der Waals surface area contributed by atoms with E-state index >= 15 is 0 Å². The van der Waals surface area contributed by atoms with Crippen molar-refractivity contribution in [1.82, 2.24) is 0 Å². The Hall–Kier alpha value is -1.57. The summed E-state index contributed by atoms with van der Waals surface area (Å²) in [6.07, 6.45) is 11.9. The number of aliphatic imine (C=N–C) groups is 1. The Labute approximate surface area is 110 Å². The number of allylic oxidation sites excluding steroid dienone is 7. The van der Waals surface area contributed by atoms with Crippen LogP contribution in [0.25, 0.3) is 0 Å². The second kappa shape index (κ2) is 7.00. The van der Waals surface area contributed by atoms with Crippen LogP contribution in [0.3, 0.4) is 0 Å². The van der Waals surface area contributed by atoms with E-state index in [1.165, 1.54) is 11.1 Å². The van der Waals surface area contributed by atoms with E-state index in [1.807, 2.05) is 13.0 Å². The maximum atomic E-state index is 9.98. The smallest absolute Gasteiger partial charge is 0.120 e. The molecule has 2 heteroatoms. The summed E-state index contributed by atoms with van der Waals surface area (Å²) >= 11 is 0. The van der Waals surface area contributed by atoms with E-state index in [9.17, 15) is 5.11 Å². The van der Waals surface area contributed by atoms with E-state index in [1.54, 1.807) is 19.3 Å². The van der Waals surface area contributed by atoms with Crippen LogP contribution in [0.5, 0.6) is 0 Å². The molecule has 2 nitrogen and oxygen atoms in total. The second-order valence-corrected chi connectivity index (χ2v) is 4.71. The fourth-order valence-corrected chi connectivity index (χ4v) is 1.94. The van der Waals surface area contributed by atoms with Crippen molar-refractivity contribution in [3.8, 4) is 0 Å². The first kappa shape index (κ1) is 14.5. The zero-order chi connectivity index (χ0) is 13.5. The topological polar surface area (TPSA) is 32.6 Å². The highest BCUT2D eigenvalue weighted by Crippen LogP contribution is 2.25. The molecule has 18 heavy (non-hydrogen) atoms. The lowest BCUT2D eigenvalue weighted by Crippen LogP contribution is -2.00. The first-order valence-corrected chi connectivity index (χ1v) is 6.50. The molecule has 0 aromatic heterocycles. The minimum Gasteiger partial charge on any atom is -0.508 e. The highest BCUT2D eigenvalue weighted by Gasteiger charge is 2.09. The summed E-state index contributed by atoms with van der Waals surface area (Å²) in [6, 6.07) is 0. The minimum absolute atomic E-state index is 0.301. The Balaban J connectivity index is 3.09. The fourth-order valence-electron chi connectivity index (χ4n) is 1.94. The third kappa shape index (κ3) is 4.02. The molecular weight excluding hydrogens is 222 g/mol. The van der Waals surface area contributed by atoms with Crippen molar-refractivity contribution in [1.29, 1.82) is 0 Å². The third-order valence-electron chi connectivity index (χ3n) is 2.99. The van der Waals surface area contributed by atoms with Crippen molar-refractivity contribution >= 4 is 6.21 Å². The molecule has 0 heterocycles. The van der Waals surface area contributed by atoms with E-state index in [0.717, 1.165) is 18.4 Å². The van der Waals surface area contributed by atoms with Crippen LogP contribution in [0.1, 0.15) is 33.6 Å². The van der Waals surface area contributed by atoms with Gasteiger partial charge in [0, 0.05) is 18.8 Å². The molecule has 1 N–H and O–H groups in total. The first-order chi connectivity index (χ1) is 8.58. The third-order valence-corrected chi connectivity index (χ3v) is 2.99. The summed E-state index contributed by atoms with van der Waals surface area (Å²) in [5, 5.41) is 9.98.